The zero-order valence-corrected chi connectivity index (χ0v) is 13.6. The number of amides is 1. The maximum Gasteiger partial charge on any atom is 0.338 e. The Labute approximate surface area is 143 Å². The number of carbonyl (C=O) groups excluding carboxylic acids is 2. The van der Waals surface area contributed by atoms with Crippen LogP contribution in [-0.4, -0.2) is 28.5 Å². The highest BCUT2D eigenvalue weighted by atomic mass is 16.6. The maximum absolute atomic E-state index is 11.9. The number of hydrogen-bond donors (Lipinski definition) is 2. The molecule has 0 aliphatic carbocycles. The molecule has 0 unspecified atom stereocenters. The predicted molar refractivity (Wildman–Crippen MR) is 89.6 cm³/mol. The van der Waals surface area contributed by atoms with Gasteiger partial charge in [0.1, 0.15) is 11.4 Å². The van der Waals surface area contributed by atoms with E-state index in [0.717, 1.165) is 11.1 Å². The number of phenols is 1. The normalized spacial score (nSPS) is 10.2. The summed E-state index contributed by atoms with van der Waals surface area (Å²) in [6.07, 6.45) is 0. The van der Waals surface area contributed by atoms with Crippen molar-refractivity contribution in [2.75, 3.05) is 11.9 Å². The van der Waals surface area contributed by atoms with E-state index in [0.29, 0.717) is 0 Å². The number of nitrogens with one attached hydrogen (secondary N) is 1. The number of esters is 1. The third-order valence-corrected chi connectivity index (χ3v) is 3.50. The molecule has 0 aromatic heterocycles. The lowest BCUT2D eigenvalue weighted by Gasteiger charge is -2.09. The third kappa shape index (κ3) is 4.54. The second kappa shape index (κ2) is 7.43. The lowest BCUT2D eigenvalue weighted by atomic mass is 10.1. The van der Waals surface area contributed by atoms with E-state index < -0.39 is 23.4 Å². The molecular weight excluding hydrogens is 328 g/mol. The van der Waals surface area contributed by atoms with Gasteiger partial charge in [0, 0.05) is 6.07 Å². The van der Waals surface area contributed by atoms with Crippen molar-refractivity contribution in [1.82, 2.24) is 0 Å². The minimum atomic E-state index is -0.791. The number of anilines is 1. The molecule has 0 spiro atoms. The Balaban J connectivity index is 2.04. The van der Waals surface area contributed by atoms with Gasteiger partial charge in [-0.3, -0.25) is 14.9 Å². The number of carbonyl (C=O) groups is 2. The number of nitro benzene ring substituents is 1. The van der Waals surface area contributed by atoms with Crippen molar-refractivity contribution < 1.29 is 24.4 Å². The highest BCUT2D eigenvalue weighted by Crippen LogP contribution is 2.27. The molecule has 25 heavy (non-hydrogen) atoms. The van der Waals surface area contributed by atoms with Gasteiger partial charge in [-0.05, 0) is 49.2 Å². The van der Waals surface area contributed by atoms with E-state index in [-0.39, 0.29) is 22.7 Å². The van der Waals surface area contributed by atoms with Gasteiger partial charge < -0.3 is 15.2 Å². The van der Waals surface area contributed by atoms with E-state index >= 15 is 0 Å². The summed E-state index contributed by atoms with van der Waals surface area (Å²) in [5.74, 6) is -1.61. The van der Waals surface area contributed by atoms with Crippen molar-refractivity contribution in [2.45, 2.75) is 13.8 Å². The van der Waals surface area contributed by atoms with E-state index in [1.807, 2.05) is 0 Å². The van der Waals surface area contributed by atoms with Crippen molar-refractivity contribution in [3.05, 3.63) is 63.2 Å². The molecule has 0 bridgehead atoms. The van der Waals surface area contributed by atoms with Gasteiger partial charge in [-0.1, -0.05) is 6.07 Å². The van der Waals surface area contributed by atoms with Crippen LogP contribution in [0.2, 0.25) is 0 Å². The molecule has 0 radical (unpaired) electrons. The van der Waals surface area contributed by atoms with Gasteiger partial charge in [-0.2, -0.15) is 0 Å². The summed E-state index contributed by atoms with van der Waals surface area (Å²) in [7, 11) is 0. The summed E-state index contributed by atoms with van der Waals surface area (Å²) in [5.41, 5.74) is 1.38. The van der Waals surface area contributed by atoms with E-state index in [4.69, 9.17) is 4.74 Å². The molecule has 2 aromatic carbocycles. The van der Waals surface area contributed by atoms with Gasteiger partial charge in [0.2, 0.25) is 0 Å². The van der Waals surface area contributed by atoms with Crippen LogP contribution in [0.3, 0.4) is 0 Å². The molecule has 1 amide bonds. The number of rotatable bonds is 5. The summed E-state index contributed by atoms with van der Waals surface area (Å²) in [6, 6.07) is 8.33. The molecule has 2 N–H and O–H groups in total. The number of aromatic hydroxyl groups is 1. The molecule has 0 saturated heterocycles. The van der Waals surface area contributed by atoms with Crippen molar-refractivity contribution >= 4 is 23.3 Å². The smallest absolute Gasteiger partial charge is 0.338 e. The number of nitrogens with zero attached hydrogens (tertiary/aromatic N) is 1. The van der Waals surface area contributed by atoms with Gasteiger partial charge in [0.25, 0.3) is 11.6 Å². The highest BCUT2D eigenvalue weighted by Gasteiger charge is 2.18. The summed E-state index contributed by atoms with van der Waals surface area (Å²) >= 11 is 0. The molecular formula is C17H16N2O6. The standard InChI is InChI=1S/C17H16N2O6/c1-10-6-14(15(19(23)24)7-11(10)2)18-16(21)9-25-17(22)12-4-3-5-13(20)8-12/h3-8,20H,9H2,1-2H3,(H,18,21). The SMILES string of the molecule is Cc1cc(NC(=O)COC(=O)c2cccc(O)c2)c([N+](=O)[O-])cc1C. The molecule has 0 saturated carbocycles. The molecule has 8 heteroatoms. The fraction of sp³-hybridized carbons (Fsp3) is 0.176. The Morgan fingerprint density at radius 3 is 2.52 bits per heavy atom. The number of benzene rings is 2. The van der Waals surface area contributed by atoms with Crippen LogP contribution in [0.1, 0.15) is 21.5 Å². The second-order valence-electron chi connectivity index (χ2n) is 5.39. The monoisotopic (exact) mass is 344 g/mol. The van der Waals surface area contributed by atoms with Crippen molar-refractivity contribution in [3.63, 3.8) is 0 Å². The number of nitro groups is 1. The zero-order chi connectivity index (χ0) is 18.6. The van der Waals surface area contributed by atoms with E-state index in [9.17, 15) is 24.8 Å². The van der Waals surface area contributed by atoms with Crippen molar-refractivity contribution in [3.8, 4) is 5.75 Å². The Bertz CT molecular complexity index is 847. The summed E-state index contributed by atoms with van der Waals surface area (Å²) < 4.78 is 4.84. The predicted octanol–water partition coefficient (Wildman–Crippen LogP) is 2.71. The molecule has 0 atom stereocenters. The Kier molecular flexibility index (Phi) is 5.33. The van der Waals surface area contributed by atoms with Crippen LogP contribution in [0, 0.1) is 24.0 Å². The number of phenolic OH excluding ortho intramolecular Hbond substituents is 1. The first kappa shape index (κ1) is 17.9. The quantitative estimate of drug-likeness (QED) is 0.489. The third-order valence-electron chi connectivity index (χ3n) is 3.50. The molecule has 2 rings (SSSR count). The molecule has 0 aliphatic rings. The molecule has 0 heterocycles. The molecule has 2 aromatic rings. The van der Waals surface area contributed by atoms with E-state index in [1.54, 1.807) is 13.8 Å². The molecule has 130 valence electrons. The Morgan fingerprint density at radius 1 is 1.20 bits per heavy atom. The van der Waals surface area contributed by atoms with Gasteiger partial charge in [0.15, 0.2) is 6.61 Å². The average Bonchev–Trinajstić information content (AvgIpc) is 2.55. The van der Waals surface area contributed by atoms with Crippen LogP contribution in [-0.2, 0) is 9.53 Å². The van der Waals surface area contributed by atoms with Crippen molar-refractivity contribution in [2.24, 2.45) is 0 Å². The lowest BCUT2D eigenvalue weighted by molar-refractivity contribution is -0.384. The first-order valence-corrected chi connectivity index (χ1v) is 7.29. The minimum absolute atomic E-state index is 0.0338. The summed E-state index contributed by atoms with van der Waals surface area (Å²) in [4.78, 5) is 34.2. The maximum atomic E-state index is 11.9. The fourth-order valence-corrected chi connectivity index (χ4v) is 2.09. The van der Waals surface area contributed by atoms with Gasteiger partial charge >= 0.3 is 5.97 Å². The highest BCUT2D eigenvalue weighted by molar-refractivity contribution is 5.97. The van der Waals surface area contributed by atoms with E-state index in [2.05, 4.69) is 5.32 Å². The van der Waals surface area contributed by atoms with Crippen LogP contribution in [0.25, 0.3) is 0 Å². The first-order valence-electron chi connectivity index (χ1n) is 7.29. The van der Waals surface area contributed by atoms with E-state index in [1.165, 1.54) is 36.4 Å². The molecule has 0 aliphatic heterocycles. The topological polar surface area (TPSA) is 119 Å². The molecule has 0 fully saturated rings. The number of ether oxygens (including phenoxy) is 1. The van der Waals surface area contributed by atoms with Crippen LogP contribution in [0.5, 0.6) is 5.75 Å². The number of aryl methyl sites for hydroxylation is 2. The summed E-state index contributed by atoms with van der Waals surface area (Å²) in [6.45, 7) is 2.88. The van der Waals surface area contributed by atoms with Crippen LogP contribution in [0.4, 0.5) is 11.4 Å². The van der Waals surface area contributed by atoms with Gasteiger partial charge in [0.05, 0.1) is 10.5 Å². The Morgan fingerprint density at radius 2 is 1.88 bits per heavy atom. The van der Waals surface area contributed by atoms with Crippen LogP contribution >= 0.6 is 0 Å². The first-order chi connectivity index (χ1) is 11.8. The van der Waals surface area contributed by atoms with Crippen molar-refractivity contribution in [1.29, 1.82) is 0 Å². The zero-order valence-electron chi connectivity index (χ0n) is 13.6. The van der Waals surface area contributed by atoms with Crippen LogP contribution < -0.4 is 5.32 Å². The number of hydrogen-bond acceptors (Lipinski definition) is 6. The fourth-order valence-electron chi connectivity index (χ4n) is 2.09. The van der Waals surface area contributed by atoms with Crippen LogP contribution in [0.15, 0.2) is 36.4 Å². The minimum Gasteiger partial charge on any atom is -0.508 e. The molecule has 8 nitrogen and oxygen atoms in total. The summed E-state index contributed by atoms with van der Waals surface area (Å²) in [5, 5.41) is 22.8. The Hall–Kier alpha value is -3.42. The van der Waals surface area contributed by atoms with Gasteiger partial charge in [-0.25, -0.2) is 4.79 Å². The average molecular weight is 344 g/mol. The largest absolute Gasteiger partial charge is 0.508 e. The second-order valence-corrected chi connectivity index (χ2v) is 5.39. The lowest BCUT2D eigenvalue weighted by Crippen LogP contribution is -2.21. The van der Waals surface area contributed by atoms with Gasteiger partial charge in [-0.15, -0.1) is 0 Å².